The molecule has 1 aromatic rings. The summed E-state index contributed by atoms with van der Waals surface area (Å²) < 4.78 is 26.5. The average Bonchev–Trinajstić information content (AvgIpc) is 2.79. The molecule has 0 radical (unpaired) electrons. The summed E-state index contributed by atoms with van der Waals surface area (Å²) in [6.45, 7) is 5.73. The first-order chi connectivity index (χ1) is 8.10. The van der Waals surface area contributed by atoms with E-state index in [1.807, 2.05) is 0 Å². The van der Waals surface area contributed by atoms with Crippen LogP contribution in [0.1, 0.15) is 63.0 Å². The molecule has 0 aromatic heterocycles. The van der Waals surface area contributed by atoms with E-state index in [2.05, 4.69) is 13.8 Å². The SMILES string of the molecule is CCC.Cc1c(F)cc(C2CCCC2)cc1F. The van der Waals surface area contributed by atoms with Crippen LogP contribution in [0, 0.1) is 18.6 Å². The van der Waals surface area contributed by atoms with Gasteiger partial charge >= 0.3 is 0 Å². The number of halogens is 2. The van der Waals surface area contributed by atoms with E-state index in [0.717, 1.165) is 18.4 Å². The third-order valence-corrected chi connectivity index (χ3v) is 3.13. The summed E-state index contributed by atoms with van der Waals surface area (Å²) in [5.74, 6) is -0.446. The fourth-order valence-electron chi connectivity index (χ4n) is 2.16. The lowest BCUT2D eigenvalue weighted by Crippen LogP contribution is -1.97. The van der Waals surface area contributed by atoms with Crippen LogP contribution in [-0.2, 0) is 0 Å². The average molecular weight is 240 g/mol. The van der Waals surface area contributed by atoms with Gasteiger partial charge in [-0.1, -0.05) is 33.1 Å². The maximum Gasteiger partial charge on any atom is 0.129 e. The summed E-state index contributed by atoms with van der Waals surface area (Å²) in [6.07, 6.45) is 5.76. The van der Waals surface area contributed by atoms with Gasteiger partial charge in [0.2, 0.25) is 0 Å². The van der Waals surface area contributed by atoms with Crippen LogP contribution in [-0.4, -0.2) is 0 Å². The first-order valence-corrected chi connectivity index (χ1v) is 6.55. The Kier molecular flexibility index (Phi) is 5.60. The summed E-state index contributed by atoms with van der Waals surface area (Å²) in [5.41, 5.74) is 0.967. The van der Waals surface area contributed by atoms with Gasteiger partial charge in [0, 0.05) is 5.56 Å². The van der Waals surface area contributed by atoms with Crippen molar-refractivity contribution in [2.45, 2.75) is 58.8 Å². The minimum atomic E-state index is -0.410. The Labute approximate surface area is 103 Å². The summed E-state index contributed by atoms with van der Waals surface area (Å²) in [5, 5.41) is 0. The molecule has 0 saturated heterocycles. The molecule has 0 spiro atoms. The maximum absolute atomic E-state index is 13.3. The first-order valence-electron chi connectivity index (χ1n) is 6.55. The van der Waals surface area contributed by atoms with Crippen LogP contribution in [0.3, 0.4) is 0 Å². The van der Waals surface area contributed by atoms with E-state index in [1.54, 1.807) is 0 Å². The van der Waals surface area contributed by atoms with Crippen molar-refractivity contribution in [2.24, 2.45) is 0 Å². The zero-order valence-electron chi connectivity index (χ0n) is 11.0. The highest BCUT2D eigenvalue weighted by atomic mass is 19.1. The summed E-state index contributed by atoms with van der Waals surface area (Å²) in [6, 6.07) is 2.99. The van der Waals surface area contributed by atoms with Gasteiger partial charge in [-0.2, -0.15) is 0 Å². The van der Waals surface area contributed by atoms with Crippen molar-refractivity contribution in [1.82, 2.24) is 0 Å². The van der Waals surface area contributed by atoms with Crippen LogP contribution in [0.15, 0.2) is 12.1 Å². The molecular weight excluding hydrogens is 218 g/mol. The van der Waals surface area contributed by atoms with E-state index in [9.17, 15) is 8.78 Å². The molecule has 0 unspecified atom stereocenters. The Morgan fingerprint density at radius 1 is 1.06 bits per heavy atom. The van der Waals surface area contributed by atoms with Gasteiger partial charge in [-0.3, -0.25) is 0 Å². The molecule has 0 N–H and O–H groups in total. The topological polar surface area (TPSA) is 0 Å². The number of hydrogen-bond acceptors (Lipinski definition) is 0. The Balaban J connectivity index is 0.000000437. The lowest BCUT2D eigenvalue weighted by molar-refractivity contribution is 0.558. The standard InChI is InChI=1S/C12H14F2.C3H8/c1-8-11(13)6-10(7-12(8)14)9-4-2-3-5-9;1-3-2/h6-7,9H,2-5H2,1H3;3H2,1-2H3. The van der Waals surface area contributed by atoms with Crippen molar-refractivity contribution in [3.8, 4) is 0 Å². The molecule has 1 aliphatic carbocycles. The first kappa shape index (κ1) is 14.1. The van der Waals surface area contributed by atoms with Gasteiger partial charge in [0.15, 0.2) is 0 Å². The lowest BCUT2D eigenvalue weighted by atomic mass is 9.96. The molecular formula is C15H22F2. The van der Waals surface area contributed by atoms with Gasteiger partial charge < -0.3 is 0 Å². The van der Waals surface area contributed by atoms with Gasteiger partial charge in [0.25, 0.3) is 0 Å². The zero-order chi connectivity index (χ0) is 12.8. The molecule has 1 aliphatic rings. The predicted octanol–water partition coefficient (Wildman–Crippen LogP) is 5.35. The Bertz CT molecular complexity index is 329. The van der Waals surface area contributed by atoms with Crippen LogP contribution in [0.2, 0.25) is 0 Å². The van der Waals surface area contributed by atoms with E-state index in [0.29, 0.717) is 5.92 Å². The molecule has 0 bridgehead atoms. The highest BCUT2D eigenvalue weighted by molar-refractivity contribution is 5.28. The minimum absolute atomic E-state index is 0.131. The van der Waals surface area contributed by atoms with Gasteiger partial charge in [-0.25, -0.2) is 8.78 Å². The Hall–Kier alpha value is -0.920. The third kappa shape index (κ3) is 3.79. The van der Waals surface area contributed by atoms with Crippen molar-refractivity contribution in [1.29, 1.82) is 0 Å². The van der Waals surface area contributed by atoms with Gasteiger partial charge in [0.1, 0.15) is 11.6 Å². The van der Waals surface area contributed by atoms with Crippen molar-refractivity contribution in [3.05, 3.63) is 34.9 Å². The molecule has 0 nitrogen and oxygen atoms in total. The van der Waals surface area contributed by atoms with Crippen molar-refractivity contribution < 1.29 is 8.78 Å². The second kappa shape index (κ2) is 6.73. The molecule has 96 valence electrons. The monoisotopic (exact) mass is 240 g/mol. The highest BCUT2D eigenvalue weighted by Crippen LogP contribution is 2.35. The molecule has 0 atom stereocenters. The van der Waals surface area contributed by atoms with Crippen molar-refractivity contribution in [3.63, 3.8) is 0 Å². The smallest absolute Gasteiger partial charge is 0.129 e. The molecule has 1 saturated carbocycles. The Morgan fingerprint density at radius 2 is 1.47 bits per heavy atom. The molecule has 2 rings (SSSR count). The predicted molar refractivity (Wildman–Crippen MR) is 68.3 cm³/mol. The van der Waals surface area contributed by atoms with Crippen LogP contribution in [0.5, 0.6) is 0 Å². The van der Waals surface area contributed by atoms with E-state index >= 15 is 0 Å². The van der Waals surface area contributed by atoms with E-state index in [1.165, 1.54) is 38.3 Å². The number of hydrogen-bond donors (Lipinski definition) is 0. The van der Waals surface area contributed by atoms with E-state index in [-0.39, 0.29) is 5.56 Å². The third-order valence-electron chi connectivity index (χ3n) is 3.13. The largest absolute Gasteiger partial charge is 0.207 e. The van der Waals surface area contributed by atoms with Crippen LogP contribution >= 0.6 is 0 Å². The van der Waals surface area contributed by atoms with Gasteiger partial charge in [-0.05, 0) is 43.4 Å². The van der Waals surface area contributed by atoms with E-state index in [4.69, 9.17) is 0 Å². The molecule has 1 aromatic carbocycles. The second-order valence-corrected chi connectivity index (χ2v) is 4.80. The molecule has 1 fully saturated rings. The quantitative estimate of drug-likeness (QED) is 0.621. The normalized spacial score (nSPS) is 15.6. The molecule has 2 heteroatoms. The van der Waals surface area contributed by atoms with Crippen LogP contribution < -0.4 is 0 Å². The Morgan fingerprint density at radius 3 is 1.88 bits per heavy atom. The number of rotatable bonds is 1. The van der Waals surface area contributed by atoms with Crippen LogP contribution in [0.25, 0.3) is 0 Å². The van der Waals surface area contributed by atoms with Gasteiger partial charge in [-0.15, -0.1) is 0 Å². The fourth-order valence-corrected chi connectivity index (χ4v) is 2.16. The second-order valence-electron chi connectivity index (χ2n) is 4.80. The van der Waals surface area contributed by atoms with Crippen molar-refractivity contribution in [2.75, 3.05) is 0 Å². The molecule has 0 aliphatic heterocycles. The fraction of sp³-hybridized carbons (Fsp3) is 0.600. The lowest BCUT2D eigenvalue weighted by Gasteiger charge is -2.10. The zero-order valence-corrected chi connectivity index (χ0v) is 11.0. The van der Waals surface area contributed by atoms with Crippen molar-refractivity contribution >= 4 is 0 Å². The van der Waals surface area contributed by atoms with Crippen LogP contribution in [0.4, 0.5) is 8.78 Å². The summed E-state index contributed by atoms with van der Waals surface area (Å²) in [7, 11) is 0. The van der Waals surface area contributed by atoms with Gasteiger partial charge in [0.05, 0.1) is 0 Å². The molecule has 0 amide bonds. The summed E-state index contributed by atoms with van der Waals surface area (Å²) in [4.78, 5) is 0. The maximum atomic E-state index is 13.3. The highest BCUT2D eigenvalue weighted by Gasteiger charge is 2.19. The molecule has 17 heavy (non-hydrogen) atoms. The summed E-state index contributed by atoms with van der Waals surface area (Å²) >= 11 is 0. The van der Waals surface area contributed by atoms with E-state index < -0.39 is 11.6 Å². The minimum Gasteiger partial charge on any atom is -0.207 e. The number of benzene rings is 1. The molecule has 0 heterocycles.